The van der Waals surface area contributed by atoms with E-state index < -0.39 is 36.1 Å². The standard InChI is InChI=1S/C10H19NO4.C2HF3O2/c1-6(2)13-9(12)8-7(5-11)14-10(3,4)15-8;3-2(4,5)1(6)7/h6-8H,5,11H2,1-4H3;(H,6,7)/t7-,8-;/m1./s1. The molecule has 0 aromatic carbocycles. The number of ether oxygens (including phenoxy) is 3. The number of carboxylic acids is 1. The molecule has 7 nitrogen and oxygen atoms in total. The van der Waals surface area contributed by atoms with E-state index in [1.54, 1.807) is 27.7 Å². The van der Waals surface area contributed by atoms with E-state index in [1.165, 1.54) is 0 Å². The first-order chi connectivity index (χ1) is 9.80. The zero-order valence-electron chi connectivity index (χ0n) is 12.6. The first-order valence-electron chi connectivity index (χ1n) is 6.36. The van der Waals surface area contributed by atoms with Gasteiger partial charge in [-0.1, -0.05) is 0 Å². The Bertz CT molecular complexity index is 397. The second kappa shape index (κ2) is 7.75. The van der Waals surface area contributed by atoms with Crippen molar-refractivity contribution < 1.29 is 42.1 Å². The molecule has 3 N–H and O–H groups in total. The lowest BCUT2D eigenvalue weighted by atomic mass is 10.2. The van der Waals surface area contributed by atoms with Gasteiger partial charge in [0.05, 0.1) is 6.10 Å². The molecule has 0 radical (unpaired) electrons. The molecular formula is C12H20F3NO6. The van der Waals surface area contributed by atoms with Gasteiger partial charge in [-0.05, 0) is 27.7 Å². The summed E-state index contributed by atoms with van der Waals surface area (Å²) >= 11 is 0. The van der Waals surface area contributed by atoms with Crippen LogP contribution in [-0.4, -0.2) is 53.9 Å². The zero-order chi connectivity index (χ0) is 17.7. The van der Waals surface area contributed by atoms with Gasteiger partial charge < -0.3 is 25.1 Å². The molecule has 10 heteroatoms. The summed E-state index contributed by atoms with van der Waals surface area (Å²) < 4.78 is 47.7. The van der Waals surface area contributed by atoms with Crippen molar-refractivity contribution in [3.8, 4) is 0 Å². The van der Waals surface area contributed by atoms with Gasteiger partial charge in [0, 0.05) is 6.54 Å². The third-order valence-corrected chi connectivity index (χ3v) is 2.24. The number of hydrogen-bond acceptors (Lipinski definition) is 6. The quantitative estimate of drug-likeness (QED) is 0.744. The maximum atomic E-state index is 11.6. The monoisotopic (exact) mass is 331 g/mol. The SMILES string of the molecule is CC(C)OC(=O)[C@@H]1OC(C)(C)O[C@@H]1CN.O=C(O)C(F)(F)F. The van der Waals surface area contributed by atoms with E-state index in [9.17, 15) is 18.0 Å². The van der Waals surface area contributed by atoms with Crippen LogP contribution >= 0.6 is 0 Å². The number of hydrogen-bond donors (Lipinski definition) is 2. The van der Waals surface area contributed by atoms with Crippen LogP contribution in [0.25, 0.3) is 0 Å². The number of halogens is 3. The molecule has 0 aromatic rings. The number of aliphatic carboxylic acids is 1. The highest BCUT2D eigenvalue weighted by Crippen LogP contribution is 2.28. The van der Waals surface area contributed by atoms with Gasteiger partial charge in [0.2, 0.25) is 0 Å². The number of alkyl halides is 3. The van der Waals surface area contributed by atoms with Crippen LogP contribution in [0.15, 0.2) is 0 Å². The number of rotatable bonds is 3. The van der Waals surface area contributed by atoms with Crippen molar-refractivity contribution in [3.63, 3.8) is 0 Å². The van der Waals surface area contributed by atoms with Crippen molar-refractivity contribution in [2.45, 2.75) is 58.0 Å². The molecule has 1 aliphatic rings. The van der Waals surface area contributed by atoms with E-state index >= 15 is 0 Å². The average Bonchev–Trinajstić information content (AvgIpc) is 2.63. The summed E-state index contributed by atoms with van der Waals surface area (Å²) in [5, 5.41) is 7.12. The first-order valence-corrected chi connectivity index (χ1v) is 6.36. The van der Waals surface area contributed by atoms with Crippen molar-refractivity contribution in [1.29, 1.82) is 0 Å². The first kappa shape index (κ1) is 20.6. The fourth-order valence-corrected chi connectivity index (χ4v) is 1.51. The zero-order valence-corrected chi connectivity index (χ0v) is 12.6. The average molecular weight is 331 g/mol. The number of esters is 1. The van der Waals surface area contributed by atoms with Crippen LogP contribution in [0.1, 0.15) is 27.7 Å². The maximum Gasteiger partial charge on any atom is 0.490 e. The lowest BCUT2D eigenvalue weighted by Gasteiger charge is -2.17. The smallest absolute Gasteiger partial charge is 0.475 e. The Morgan fingerprint density at radius 2 is 1.77 bits per heavy atom. The van der Waals surface area contributed by atoms with E-state index in [0.29, 0.717) is 0 Å². The van der Waals surface area contributed by atoms with Crippen LogP contribution in [-0.2, 0) is 23.8 Å². The van der Waals surface area contributed by atoms with E-state index in [0.717, 1.165) is 0 Å². The van der Waals surface area contributed by atoms with Gasteiger partial charge in [0.15, 0.2) is 11.9 Å². The fraction of sp³-hybridized carbons (Fsp3) is 0.833. The van der Waals surface area contributed by atoms with Crippen LogP contribution < -0.4 is 5.73 Å². The fourth-order valence-electron chi connectivity index (χ4n) is 1.51. The number of carboxylic acid groups (broad SMARTS) is 1. The summed E-state index contributed by atoms with van der Waals surface area (Å²) in [5.41, 5.74) is 5.50. The molecule has 0 aromatic heterocycles. The minimum absolute atomic E-state index is 0.164. The number of carbonyl (C=O) groups excluding carboxylic acids is 1. The van der Waals surface area contributed by atoms with Gasteiger partial charge in [0.25, 0.3) is 0 Å². The molecule has 0 bridgehead atoms. The molecule has 22 heavy (non-hydrogen) atoms. The van der Waals surface area contributed by atoms with Crippen molar-refractivity contribution in [2.24, 2.45) is 5.73 Å². The summed E-state index contributed by atoms with van der Waals surface area (Å²) in [6.07, 6.45) is -6.39. The Kier molecular flexibility index (Phi) is 7.26. The van der Waals surface area contributed by atoms with E-state index in [-0.39, 0.29) is 12.6 Å². The van der Waals surface area contributed by atoms with Gasteiger partial charge in [-0.25, -0.2) is 9.59 Å². The summed E-state index contributed by atoms with van der Waals surface area (Å²) in [4.78, 5) is 20.5. The lowest BCUT2D eigenvalue weighted by Crippen LogP contribution is -2.38. The molecule has 0 spiro atoms. The van der Waals surface area contributed by atoms with Crippen LogP contribution in [0, 0.1) is 0 Å². The van der Waals surface area contributed by atoms with Gasteiger partial charge in [-0.15, -0.1) is 0 Å². The van der Waals surface area contributed by atoms with Crippen molar-refractivity contribution in [2.75, 3.05) is 6.54 Å². The highest BCUT2D eigenvalue weighted by Gasteiger charge is 2.45. The van der Waals surface area contributed by atoms with Crippen molar-refractivity contribution in [3.05, 3.63) is 0 Å². The molecule has 1 heterocycles. The minimum atomic E-state index is -5.08. The summed E-state index contributed by atoms with van der Waals surface area (Å²) in [6, 6.07) is 0. The Morgan fingerprint density at radius 3 is 2.09 bits per heavy atom. The summed E-state index contributed by atoms with van der Waals surface area (Å²) in [5.74, 6) is -3.94. The largest absolute Gasteiger partial charge is 0.490 e. The molecule has 130 valence electrons. The molecule has 1 aliphatic heterocycles. The van der Waals surface area contributed by atoms with Gasteiger partial charge in [0.1, 0.15) is 6.10 Å². The number of nitrogens with two attached hydrogens (primary N) is 1. The van der Waals surface area contributed by atoms with Crippen molar-refractivity contribution in [1.82, 2.24) is 0 Å². The molecule has 0 saturated carbocycles. The molecule has 1 rings (SSSR count). The van der Waals surface area contributed by atoms with Gasteiger partial charge >= 0.3 is 18.1 Å². The molecule has 1 fully saturated rings. The van der Waals surface area contributed by atoms with Crippen LogP contribution in [0.5, 0.6) is 0 Å². The normalized spacial score (nSPS) is 23.7. The molecule has 1 saturated heterocycles. The summed E-state index contributed by atoms with van der Waals surface area (Å²) in [7, 11) is 0. The Hall–Kier alpha value is -1.39. The summed E-state index contributed by atoms with van der Waals surface area (Å²) in [6.45, 7) is 7.31. The van der Waals surface area contributed by atoms with E-state index in [1.807, 2.05) is 0 Å². The molecule has 0 unspecified atom stereocenters. The highest BCUT2D eigenvalue weighted by atomic mass is 19.4. The number of carbonyl (C=O) groups is 2. The molecule has 2 atom stereocenters. The molecule has 0 aliphatic carbocycles. The maximum absolute atomic E-state index is 11.6. The van der Waals surface area contributed by atoms with E-state index in [2.05, 4.69) is 0 Å². The lowest BCUT2D eigenvalue weighted by molar-refractivity contribution is -0.192. The second-order valence-corrected chi connectivity index (χ2v) is 5.12. The minimum Gasteiger partial charge on any atom is -0.475 e. The van der Waals surface area contributed by atoms with Gasteiger partial charge in [-0.3, -0.25) is 0 Å². The second-order valence-electron chi connectivity index (χ2n) is 5.12. The van der Waals surface area contributed by atoms with E-state index in [4.69, 9.17) is 29.8 Å². The van der Waals surface area contributed by atoms with Crippen molar-refractivity contribution >= 4 is 11.9 Å². The van der Waals surface area contributed by atoms with Crippen LogP contribution in [0.4, 0.5) is 13.2 Å². The third-order valence-electron chi connectivity index (χ3n) is 2.24. The predicted octanol–water partition coefficient (Wildman–Crippen LogP) is 1.05. The highest BCUT2D eigenvalue weighted by molar-refractivity contribution is 5.76. The predicted molar refractivity (Wildman–Crippen MR) is 67.8 cm³/mol. The molecule has 0 amide bonds. The third kappa shape index (κ3) is 7.05. The Balaban J connectivity index is 0.000000534. The van der Waals surface area contributed by atoms with Crippen LogP contribution in [0.3, 0.4) is 0 Å². The van der Waals surface area contributed by atoms with Crippen LogP contribution in [0.2, 0.25) is 0 Å². The topological polar surface area (TPSA) is 108 Å². The molecular weight excluding hydrogens is 311 g/mol. The Morgan fingerprint density at radius 1 is 1.32 bits per heavy atom. The Labute approximate surface area is 125 Å². The van der Waals surface area contributed by atoms with Gasteiger partial charge in [-0.2, -0.15) is 13.2 Å².